The average molecular weight is 520 g/mol. The van der Waals surface area contributed by atoms with Crippen LogP contribution in [0.5, 0.6) is 0 Å². The lowest BCUT2D eigenvalue weighted by Gasteiger charge is -2.41. The van der Waals surface area contributed by atoms with Crippen LogP contribution in [0.1, 0.15) is 70.8 Å². The van der Waals surface area contributed by atoms with Crippen molar-refractivity contribution in [2.75, 3.05) is 82.0 Å². The van der Waals surface area contributed by atoms with E-state index in [0.29, 0.717) is 11.3 Å². The monoisotopic (exact) mass is 519 g/mol. The first-order chi connectivity index (χ1) is 17.0. The van der Waals surface area contributed by atoms with Gasteiger partial charge in [0, 0.05) is 70.4 Å². The third-order valence-electron chi connectivity index (χ3n) is 9.35. The zero-order valence-corrected chi connectivity index (χ0v) is 23.9. The van der Waals surface area contributed by atoms with Crippen LogP contribution < -0.4 is 9.80 Å². The molecule has 0 bridgehead atoms. The van der Waals surface area contributed by atoms with E-state index >= 15 is 0 Å². The van der Waals surface area contributed by atoms with Gasteiger partial charge in [-0.05, 0) is 79.4 Å². The Morgan fingerprint density at radius 2 is 1.39 bits per heavy atom. The van der Waals surface area contributed by atoms with Gasteiger partial charge in [0.15, 0.2) is 0 Å². The van der Waals surface area contributed by atoms with Crippen molar-refractivity contribution in [3.63, 3.8) is 0 Å². The normalized spacial score (nSPS) is 27.1. The fraction of sp³-hybridized carbons (Fsp3) is 0.800. The van der Waals surface area contributed by atoms with Gasteiger partial charge in [-0.25, -0.2) is 0 Å². The van der Waals surface area contributed by atoms with Crippen molar-refractivity contribution in [1.29, 1.82) is 0 Å². The topological polar surface area (TPSA) is 28.2 Å². The molecule has 4 fully saturated rings. The van der Waals surface area contributed by atoms with E-state index in [1.54, 1.807) is 5.56 Å². The molecule has 204 valence electrons. The number of anilines is 2. The SMILES string of the molecule is CC(C)(C)C1CCC(c2ccc(N3CCOCC3)cc2N2CCN(CC3CCOCC3)CC2)CC1.Cl. The molecule has 0 N–H and O–H groups in total. The van der Waals surface area contributed by atoms with Crippen molar-refractivity contribution in [2.45, 2.75) is 65.2 Å². The lowest BCUT2D eigenvalue weighted by Crippen LogP contribution is -2.48. The van der Waals surface area contributed by atoms with Crippen molar-refractivity contribution in [2.24, 2.45) is 17.3 Å². The molecule has 36 heavy (non-hydrogen) atoms. The number of rotatable bonds is 5. The van der Waals surface area contributed by atoms with Crippen LogP contribution in [0.15, 0.2) is 18.2 Å². The van der Waals surface area contributed by atoms with Gasteiger partial charge < -0.3 is 19.3 Å². The third kappa shape index (κ3) is 6.89. The van der Waals surface area contributed by atoms with Gasteiger partial charge in [-0.15, -0.1) is 12.4 Å². The lowest BCUT2D eigenvalue weighted by atomic mass is 9.68. The van der Waals surface area contributed by atoms with Crippen molar-refractivity contribution in [3.8, 4) is 0 Å². The predicted molar refractivity (Wildman–Crippen MR) is 153 cm³/mol. The molecule has 1 saturated carbocycles. The lowest BCUT2D eigenvalue weighted by molar-refractivity contribution is 0.0517. The molecule has 0 aromatic heterocycles. The number of halogens is 1. The van der Waals surface area contributed by atoms with E-state index in [1.165, 1.54) is 69.5 Å². The minimum atomic E-state index is 0. The minimum absolute atomic E-state index is 0. The van der Waals surface area contributed by atoms with Crippen LogP contribution in [-0.4, -0.2) is 77.1 Å². The molecule has 0 unspecified atom stereocenters. The summed E-state index contributed by atoms with van der Waals surface area (Å²) in [6.45, 7) is 18.9. The zero-order chi connectivity index (χ0) is 24.3. The summed E-state index contributed by atoms with van der Waals surface area (Å²) in [5, 5.41) is 0. The van der Waals surface area contributed by atoms with E-state index in [1.807, 2.05) is 0 Å². The standard InChI is InChI=1S/C30H49N3O2.ClH/c1-30(2,3)26-6-4-25(5-7-26)28-9-8-27(32-16-20-35-21-17-32)22-29(28)33-14-12-31(13-15-33)23-24-10-18-34-19-11-24;/h8-9,22,24-26H,4-7,10-21,23H2,1-3H3;1H. The van der Waals surface area contributed by atoms with Crippen LogP contribution in [-0.2, 0) is 9.47 Å². The molecule has 0 spiro atoms. The zero-order valence-electron chi connectivity index (χ0n) is 23.1. The van der Waals surface area contributed by atoms with Gasteiger partial charge in [-0.1, -0.05) is 26.8 Å². The van der Waals surface area contributed by atoms with Crippen LogP contribution >= 0.6 is 12.4 Å². The molecule has 1 aromatic carbocycles. The molecule has 6 heteroatoms. The van der Waals surface area contributed by atoms with Gasteiger partial charge >= 0.3 is 0 Å². The Balaban J connectivity index is 0.00000304. The Kier molecular flexibility index (Phi) is 9.87. The molecule has 3 saturated heterocycles. The molecular formula is C30H50ClN3O2. The predicted octanol–water partition coefficient (Wildman–Crippen LogP) is 5.81. The van der Waals surface area contributed by atoms with Gasteiger partial charge in [-0.2, -0.15) is 0 Å². The third-order valence-corrected chi connectivity index (χ3v) is 9.35. The van der Waals surface area contributed by atoms with Gasteiger partial charge in [0.2, 0.25) is 0 Å². The number of hydrogen-bond acceptors (Lipinski definition) is 5. The number of ether oxygens (including phenoxy) is 2. The summed E-state index contributed by atoms with van der Waals surface area (Å²) in [6.07, 6.45) is 7.91. The fourth-order valence-electron chi connectivity index (χ4n) is 6.91. The van der Waals surface area contributed by atoms with Gasteiger partial charge in [0.05, 0.1) is 13.2 Å². The Morgan fingerprint density at radius 1 is 0.750 bits per heavy atom. The maximum absolute atomic E-state index is 5.63. The van der Waals surface area contributed by atoms with E-state index in [0.717, 1.165) is 64.4 Å². The summed E-state index contributed by atoms with van der Waals surface area (Å²) < 4.78 is 11.2. The van der Waals surface area contributed by atoms with Crippen LogP contribution in [0.4, 0.5) is 11.4 Å². The van der Waals surface area contributed by atoms with E-state index in [2.05, 4.69) is 53.7 Å². The first-order valence-corrected chi connectivity index (χ1v) is 14.5. The van der Waals surface area contributed by atoms with Crippen molar-refractivity contribution < 1.29 is 9.47 Å². The van der Waals surface area contributed by atoms with E-state index < -0.39 is 0 Å². The summed E-state index contributed by atoms with van der Waals surface area (Å²) in [7, 11) is 0. The number of piperazine rings is 1. The molecule has 5 nitrogen and oxygen atoms in total. The highest BCUT2D eigenvalue weighted by Crippen LogP contribution is 2.46. The Labute approximate surface area is 226 Å². The molecule has 1 aromatic rings. The first kappa shape index (κ1) is 28.0. The van der Waals surface area contributed by atoms with E-state index in [4.69, 9.17) is 9.47 Å². The quantitative estimate of drug-likeness (QED) is 0.489. The summed E-state index contributed by atoms with van der Waals surface area (Å²) in [4.78, 5) is 7.96. The van der Waals surface area contributed by atoms with Crippen molar-refractivity contribution >= 4 is 23.8 Å². The van der Waals surface area contributed by atoms with Crippen molar-refractivity contribution in [3.05, 3.63) is 23.8 Å². The highest BCUT2D eigenvalue weighted by molar-refractivity contribution is 5.85. The second-order valence-corrected chi connectivity index (χ2v) is 12.6. The number of morpholine rings is 1. The largest absolute Gasteiger partial charge is 0.381 e. The second kappa shape index (κ2) is 12.7. The Morgan fingerprint density at radius 3 is 2.03 bits per heavy atom. The maximum atomic E-state index is 5.63. The van der Waals surface area contributed by atoms with Crippen LogP contribution in [0.25, 0.3) is 0 Å². The van der Waals surface area contributed by atoms with Gasteiger partial charge in [0.1, 0.15) is 0 Å². The maximum Gasteiger partial charge on any atom is 0.0642 e. The highest BCUT2D eigenvalue weighted by atomic mass is 35.5. The smallest absolute Gasteiger partial charge is 0.0642 e. The minimum Gasteiger partial charge on any atom is -0.381 e. The summed E-state index contributed by atoms with van der Waals surface area (Å²) in [5.41, 5.74) is 4.97. The fourth-order valence-corrected chi connectivity index (χ4v) is 6.91. The summed E-state index contributed by atoms with van der Waals surface area (Å²) >= 11 is 0. The molecular weight excluding hydrogens is 470 g/mol. The molecule has 0 atom stereocenters. The van der Waals surface area contributed by atoms with Crippen LogP contribution in [0, 0.1) is 17.3 Å². The number of hydrogen-bond donors (Lipinski definition) is 0. The molecule has 0 radical (unpaired) electrons. The molecule has 3 aliphatic heterocycles. The van der Waals surface area contributed by atoms with Crippen molar-refractivity contribution in [1.82, 2.24) is 4.90 Å². The van der Waals surface area contributed by atoms with E-state index in [9.17, 15) is 0 Å². The molecule has 5 rings (SSSR count). The first-order valence-electron chi connectivity index (χ1n) is 14.5. The molecule has 4 aliphatic rings. The Bertz CT molecular complexity index is 801. The Hall–Kier alpha value is -1.01. The van der Waals surface area contributed by atoms with E-state index in [-0.39, 0.29) is 12.4 Å². The number of benzene rings is 1. The van der Waals surface area contributed by atoms with Crippen LogP contribution in [0.3, 0.4) is 0 Å². The molecule has 0 amide bonds. The van der Waals surface area contributed by atoms with Gasteiger partial charge in [-0.3, -0.25) is 4.90 Å². The molecule has 3 heterocycles. The summed E-state index contributed by atoms with van der Waals surface area (Å²) in [6, 6.07) is 7.43. The molecule has 1 aliphatic carbocycles. The average Bonchev–Trinajstić information content (AvgIpc) is 2.89. The summed E-state index contributed by atoms with van der Waals surface area (Å²) in [5.74, 6) is 2.40. The second-order valence-electron chi connectivity index (χ2n) is 12.6. The number of nitrogens with zero attached hydrogens (tertiary/aromatic N) is 3. The highest BCUT2D eigenvalue weighted by Gasteiger charge is 2.32. The van der Waals surface area contributed by atoms with Crippen LogP contribution in [0.2, 0.25) is 0 Å². The van der Waals surface area contributed by atoms with Gasteiger partial charge in [0.25, 0.3) is 0 Å².